The fourth-order valence-electron chi connectivity index (χ4n) is 1.39. The molecule has 0 aliphatic rings. The monoisotopic (exact) mass is 283 g/mol. The summed E-state index contributed by atoms with van der Waals surface area (Å²) in [5.41, 5.74) is 0.284. The van der Waals surface area contributed by atoms with E-state index in [1.165, 1.54) is 0 Å². The predicted molar refractivity (Wildman–Crippen MR) is 79.4 cm³/mol. The van der Waals surface area contributed by atoms with Gasteiger partial charge in [-0.2, -0.15) is 11.8 Å². The Kier molecular flexibility index (Phi) is 7.36. The number of carboxylic acids is 1. The Balaban J connectivity index is 2.11. The lowest BCUT2D eigenvalue weighted by atomic mass is 10.2. The number of rotatable bonds is 9. The van der Waals surface area contributed by atoms with Gasteiger partial charge in [0, 0.05) is 12.3 Å². The van der Waals surface area contributed by atoms with Crippen molar-refractivity contribution in [3.8, 4) is 5.75 Å². The number of thioether (sulfide) groups is 1. The largest absolute Gasteiger partial charge is 0.494 e. The van der Waals surface area contributed by atoms with E-state index in [9.17, 15) is 4.79 Å². The lowest BCUT2D eigenvalue weighted by Gasteiger charge is -2.09. The summed E-state index contributed by atoms with van der Waals surface area (Å²) in [6.45, 7) is 1.77. The number of benzene rings is 1. The first kappa shape index (κ1) is 15.9. The molecular formula is C14H21NO3S. The predicted octanol–water partition coefficient (Wildman–Crippen LogP) is 2.45. The van der Waals surface area contributed by atoms with E-state index >= 15 is 0 Å². The van der Waals surface area contributed by atoms with E-state index in [-0.39, 0.29) is 5.56 Å². The summed E-state index contributed by atoms with van der Waals surface area (Å²) < 4.78 is 5.55. The topological polar surface area (TPSA) is 49.8 Å². The number of aromatic carboxylic acids is 1. The van der Waals surface area contributed by atoms with Crippen molar-refractivity contribution in [3.63, 3.8) is 0 Å². The van der Waals surface area contributed by atoms with E-state index in [1.54, 1.807) is 24.3 Å². The van der Waals surface area contributed by atoms with Crippen molar-refractivity contribution in [2.24, 2.45) is 0 Å². The zero-order valence-corrected chi connectivity index (χ0v) is 12.3. The standard InChI is InChI=1S/C14H21NO3S/c1-15(2)8-11-19-10-3-9-18-13-6-4-12(5-7-13)14(16)17/h4-7H,3,8-11H2,1-2H3,(H,16,17). The highest BCUT2D eigenvalue weighted by atomic mass is 32.2. The van der Waals surface area contributed by atoms with Crippen LogP contribution in [-0.2, 0) is 0 Å². The van der Waals surface area contributed by atoms with E-state index in [0.717, 1.165) is 30.2 Å². The second kappa shape index (κ2) is 8.82. The summed E-state index contributed by atoms with van der Waals surface area (Å²) in [6, 6.07) is 6.51. The van der Waals surface area contributed by atoms with Gasteiger partial charge in [0.1, 0.15) is 5.75 Å². The molecule has 4 nitrogen and oxygen atoms in total. The minimum Gasteiger partial charge on any atom is -0.494 e. The molecule has 0 radical (unpaired) electrons. The van der Waals surface area contributed by atoms with Crippen LogP contribution < -0.4 is 4.74 Å². The Morgan fingerprint density at radius 2 is 1.95 bits per heavy atom. The van der Waals surface area contributed by atoms with Gasteiger partial charge in [0.25, 0.3) is 0 Å². The molecule has 19 heavy (non-hydrogen) atoms. The van der Waals surface area contributed by atoms with Crippen LogP contribution in [0.5, 0.6) is 5.75 Å². The average molecular weight is 283 g/mol. The third kappa shape index (κ3) is 7.08. The molecule has 0 fully saturated rings. The number of hydrogen-bond donors (Lipinski definition) is 1. The number of nitrogens with zero attached hydrogens (tertiary/aromatic N) is 1. The second-order valence-electron chi connectivity index (χ2n) is 4.45. The molecular weight excluding hydrogens is 262 g/mol. The van der Waals surface area contributed by atoms with Crippen LogP contribution >= 0.6 is 11.8 Å². The van der Waals surface area contributed by atoms with Crippen molar-refractivity contribution >= 4 is 17.7 Å². The van der Waals surface area contributed by atoms with Crippen LogP contribution in [0, 0.1) is 0 Å². The molecule has 1 aromatic carbocycles. The third-order valence-electron chi connectivity index (χ3n) is 2.49. The highest BCUT2D eigenvalue weighted by molar-refractivity contribution is 7.99. The fourth-order valence-corrected chi connectivity index (χ4v) is 2.41. The first-order valence-corrected chi connectivity index (χ1v) is 7.43. The van der Waals surface area contributed by atoms with Crippen molar-refractivity contribution < 1.29 is 14.6 Å². The van der Waals surface area contributed by atoms with E-state index in [4.69, 9.17) is 9.84 Å². The van der Waals surface area contributed by atoms with Crippen molar-refractivity contribution in [3.05, 3.63) is 29.8 Å². The molecule has 0 saturated carbocycles. The summed E-state index contributed by atoms with van der Waals surface area (Å²) in [6.07, 6.45) is 0.999. The van der Waals surface area contributed by atoms with E-state index in [2.05, 4.69) is 19.0 Å². The molecule has 0 aliphatic carbocycles. The Hall–Kier alpha value is -1.20. The number of carbonyl (C=O) groups is 1. The molecule has 0 amide bonds. The number of hydrogen-bond acceptors (Lipinski definition) is 4. The zero-order valence-electron chi connectivity index (χ0n) is 11.5. The molecule has 0 aromatic heterocycles. The van der Waals surface area contributed by atoms with E-state index in [0.29, 0.717) is 6.61 Å². The van der Waals surface area contributed by atoms with Crippen LogP contribution in [0.2, 0.25) is 0 Å². The summed E-state index contributed by atoms with van der Waals surface area (Å²) in [5, 5.41) is 8.76. The maximum absolute atomic E-state index is 10.7. The molecule has 0 spiro atoms. The summed E-state index contributed by atoms with van der Waals surface area (Å²) in [5.74, 6) is 2.04. The van der Waals surface area contributed by atoms with E-state index < -0.39 is 5.97 Å². The number of ether oxygens (including phenoxy) is 1. The van der Waals surface area contributed by atoms with Gasteiger partial charge >= 0.3 is 5.97 Å². The molecule has 1 aromatic rings. The SMILES string of the molecule is CN(C)CCSCCCOc1ccc(C(=O)O)cc1. The van der Waals surface area contributed by atoms with Crippen molar-refractivity contribution in [2.75, 3.05) is 38.8 Å². The molecule has 1 N–H and O–H groups in total. The van der Waals surface area contributed by atoms with Crippen molar-refractivity contribution in [1.29, 1.82) is 0 Å². The van der Waals surface area contributed by atoms with Gasteiger partial charge in [0.2, 0.25) is 0 Å². The lowest BCUT2D eigenvalue weighted by Crippen LogP contribution is -2.15. The van der Waals surface area contributed by atoms with Crippen molar-refractivity contribution in [2.45, 2.75) is 6.42 Å². The Bertz CT molecular complexity index is 379. The van der Waals surface area contributed by atoms with Gasteiger partial charge in [-0.25, -0.2) is 4.79 Å². The highest BCUT2D eigenvalue weighted by Gasteiger charge is 2.01. The molecule has 0 atom stereocenters. The van der Waals surface area contributed by atoms with Crippen LogP contribution in [-0.4, -0.2) is 54.7 Å². The third-order valence-corrected chi connectivity index (χ3v) is 3.53. The maximum atomic E-state index is 10.7. The maximum Gasteiger partial charge on any atom is 0.335 e. The molecule has 0 saturated heterocycles. The minimum atomic E-state index is -0.913. The van der Waals surface area contributed by atoms with E-state index in [1.807, 2.05) is 11.8 Å². The van der Waals surface area contributed by atoms with Crippen LogP contribution in [0.3, 0.4) is 0 Å². The van der Waals surface area contributed by atoms with Crippen LogP contribution in [0.4, 0.5) is 0 Å². The highest BCUT2D eigenvalue weighted by Crippen LogP contribution is 2.13. The van der Waals surface area contributed by atoms with Gasteiger partial charge in [0.05, 0.1) is 12.2 Å². The lowest BCUT2D eigenvalue weighted by molar-refractivity contribution is 0.0697. The smallest absolute Gasteiger partial charge is 0.335 e. The molecule has 5 heteroatoms. The van der Waals surface area contributed by atoms with Crippen LogP contribution in [0.1, 0.15) is 16.8 Å². The average Bonchev–Trinajstić information content (AvgIpc) is 2.38. The summed E-state index contributed by atoms with van der Waals surface area (Å²) in [7, 11) is 4.15. The molecule has 0 bridgehead atoms. The zero-order chi connectivity index (χ0) is 14.1. The first-order valence-electron chi connectivity index (χ1n) is 6.28. The Morgan fingerprint density at radius 1 is 1.26 bits per heavy atom. The quantitative estimate of drug-likeness (QED) is 0.705. The summed E-state index contributed by atoms with van der Waals surface area (Å²) in [4.78, 5) is 12.8. The van der Waals surface area contributed by atoms with Gasteiger partial charge < -0.3 is 14.7 Å². The Labute approximate surface area is 118 Å². The first-order chi connectivity index (χ1) is 9.09. The van der Waals surface area contributed by atoms with Gasteiger partial charge in [-0.3, -0.25) is 0 Å². The van der Waals surface area contributed by atoms with Crippen LogP contribution in [0.25, 0.3) is 0 Å². The van der Waals surface area contributed by atoms with Crippen molar-refractivity contribution in [1.82, 2.24) is 4.90 Å². The normalized spacial score (nSPS) is 10.7. The second-order valence-corrected chi connectivity index (χ2v) is 5.67. The van der Waals surface area contributed by atoms with Crippen LogP contribution in [0.15, 0.2) is 24.3 Å². The Morgan fingerprint density at radius 3 is 2.53 bits per heavy atom. The van der Waals surface area contributed by atoms with Gasteiger partial charge in [-0.05, 0) is 50.5 Å². The molecule has 1 rings (SSSR count). The summed E-state index contributed by atoms with van der Waals surface area (Å²) >= 11 is 1.92. The molecule has 0 unspecified atom stereocenters. The van der Waals surface area contributed by atoms with Gasteiger partial charge in [-0.1, -0.05) is 0 Å². The molecule has 0 aliphatic heterocycles. The molecule has 106 valence electrons. The molecule has 0 heterocycles. The fraction of sp³-hybridized carbons (Fsp3) is 0.500. The van der Waals surface area contributed by atoms with Gasteiger partial charge in [0.15, 0.2) is 0 Å². The van der Waals surface area contributed by atoms with Gasteiger partial charge in [-0.15, -0.1) is 0 Å². The minimum absolute atomic E-state index is 0.284. The number of carboxylic acid groups (broad SMARTS) is 1.